The molecule has 0 aromatic heterocycles. The Morgan fingerprint density at radius 1 is 1.18 bits per heavy atom. The molecule has 22 heavy (non-hydrogen) atoms. The van der Waals surface area contributed by atoms with Crippen molar-refractivity contribution in [3.63, 3.8) is 0 Å². The first kappa shape index (κ1) is 15.3. The minimum Gasteiger partial charge on any atom is -0.489 e. The maximum atomic E-state index is 11.4. The fourth-order valence-electron chi connectivity index (χ4n) is 1.85. The van der Waals surface area contributed by atoms with Crippen molar-refractivity contribution in [2.45, 2.75) is 6.61 Å². The number of amides is 1. The van der Waals surface area contributed by atoms with Crippen LogP contribution in [0.2, 0.25) is 0 Å². The van der Waals surface area contributed by atoms with Gasteiger partial charge in [-0.25, -0.2) is 0 Å². The molecule has 4 heteroatoms. The zero-order valence-corrected chi connectivity index (χ0v) is 12.2. The number of nitrogens with one attached hydrogen (secondary N) is 1. The van der Waals surface area contributed by atoms with E-state index in [1.54, 1.807) is 18.2 Å². The second kappa shape index (κ2) is 7.65. The summed E-state index contributed by atoms with van der Waals surface area (Å²) in [4.78, 5) is 11.4. The van der Waals surface area contributed by atoms with Crippen LogP contribution in [0.1, 0.15) is 11.1 Å². The number of benzene rings is 2. The van der Waals surface area contributed by atoms with Crippen LogP contribution in [0.15, 0.2) is 60.2 Å². The molecule has 0 spiro atoms. The van der Waals surface area contributed by atoms with Crippen LogP contribution in [0.3, 0.4) is 0 Å². The van der Waals surface area contributed by atoms with Gasteiger partial charge in [0.2, 0.25) is 0 Å². The van der Waals surface area contributed by atoms with Gasteiger partial charge < -0.3 is 10.1 Å². The molecule has 0 aliphatic rings. The van der Waals surface area contributed by atoms with Crippen LogP contribution in [0, 0.1) is 11.3 Å². The van der Waals surface area contributed by atoms with Gasteiger partial charge in [-0.05, 0) is 29.3 Å². The van der Waals surface area contributed by atoms with Gasteiger partial charge in [0.25, 0.3) is 5.91 Å². The third-order valence-corrected chi connectivity index (χ3v) is 3.03. The average Bonchev–Trinajstić information content (AvgIpc) is 2.59. The molecule has 1 N–H and O–H groups in total. The third kappa shape index (κ3) is 4.22. The monoisotopic (exact) mass is 292 g/mol. The van der Waals surface area contributed by atoms with Crippen LogP contribution in [0.25, 0.3) is 6.08 Å². The molecule has 0 saturated carbocycles. The molecule has 0 aliphatic heterocycles. The van der Waals surface area contributed by atoms with Crippen LogP contribution in [0.4, 0.5) is 0 Å². The van der Waals surface area contributed by atoms with E-state index in [1.165, 1.54) is 7.05 Å². The first-order chi connectivity index (χ1) is 10.7. The van der Waals surface area contributed by atoms with E-state index in [9.17, 15) is 4.79 Å². The Morgan fingerprint density at radius 2 is 1.86 bits per heavy atom. The molecule has 2 aromatic carbocycles. The maximum absolute atomic E-state index is 11.4. The second-order valence-electron chi connectivity index (χ2n) is 4.59. The van der Waals surface area contributed by atoms with Crippen molar-refractivity contribution in [1.29, 1.82) is 5.26 Å². The summed E-state index contributed by atoms with van der Waals surface area (Å²) in [5.41, 5.74) is 1.94. The molecule has 0 fully saturated rings. The highest BCUT2D eigenvalue weighted by Gasteiger charge is 2.05. The Kier molecular flexibility index (Phi) is 5.33. The molecule has 110 valence electrons. The summed E-state index contributed by atoms with van der Waals surface area (Å²) in [6, 6.07) is 19.0. The van der Waals surface area contributed by atoms with E-state index in [4.69, 9.17) is 10.00 Å². The fraction of sp³-hybridized carbons (Fsp3) is 0.111. The Balaban J connectivity index is 2.03. The molecule has 0 radical (unpaired) electrons. The number of hydrogen-bond donors (Lipinski definition) is 1. The molecule has 0 heterocycles. The van der Waals surface area contributed by atoms with Crippen LogP contribution < -0.4 is 10.1 Å². The van der Waals surface area contributed by atoms with Gasteiger partial charge in [-0.3, -0.25) is 4.79 Å². The highest BCUT2D eigenvalue weighted by molar-refractivity contribution is 6.01. The first-order valence-corrected chi connectivity index (χ1v) is 6.83. The molecular weight excluding hydrogens is 276 g/mol. The van der Waals surface area contributed by atoms with Gasteiger partial charge in [0, 0.05) is 7.05 Å². The highest BCUT2D eigenvalue weighted by Crippen LogP contribution is 2.16. The number of hydrogen-bond acceptors (Lipinski definition) is 3. The van der Waals surface area contributed by atoms with Crippen molar-refractivity contribution in [3.05, 3.63) is 71.3 Å². The molecule has 0 saturated heterocycles. The van der Waals surface area contributed by atoms with Crippen molar-refractivity contribution in [3.8, 4) is 11.8 Å². The summed E-state index contributed by atoms with van der Waals surface area (Å²) < 4.78 is 5.68. The van der Waals surface area contributed by atoms with Crippen LogP contribution in [0.5, 0.6) is 5.75 Å². The Bertz CT molecular complexity index is 698. The highest BCUT2D eigenvalue weighted by atomic mass is 16.5. The van der Waals surface area contributed by atoms with Gasteiger partial charge in [-0.2, -0.15) is 5.26 Å². The minimum absolute atomic E-state index is 0.0699. The van der Waals surface area contributed by atoms with Crippen LogP contribution >= 0.6 is 0 Å². The standard InChI is InChI=1S/C18H16N2O2/c1-20-18(21)16(12-19)11-14-7-9-17(10-8-14)22-13-15-5-3-2-4-6-15/h2-11H,13H2,1H3,(H,20,21). The van der Waals surface area contributed by atoms with Gasteiger partial charge in [-0.1, -0.05) is 42.5 Å². The summed E-state index contributed by atoms with van der Waals surface area (Å²) in [5.74, 6) is 0.339. The molecule has 0 bridgehead atoms. The molecule has 1 amide bonds. The zero-order valence-electron chi connectivity index (χ0n) is 12.2. The van der Waals surface area contributed by atoms with E-state index >= 15 is 0 Å². The lowest BCUT2D eigenvalue weighted by Gasteiger charge is -2.06. The minimum atomic E-state index is -0.396. The van der Waals surface area contributed by atoms with E-state index in [1.807, 2.05) is 48.5 Å². The van der Waals surface area contributed by atoms with Gasteiger partial charge in [0.05, 0.1) is 0 Å². The number of carbonyl (C=O) groups excluding carboxylic acids is 1. The summed E-state index contributed by atoms with van der Waals surface area (Å²) in [7, 11) is 1.49. The molecule has 2 rings (SSSR count). The zero-order chi connectivity index (χ0) is 15.8. The SMILES string of the molecule is CNC(=O)C(C#N)=Cc1ccc(OCc2ccccc2)cc1. The normalized spacial score (nSPS) is 10.6. The Hall–Kier alpha value is -3.06. The van der Waals surface area contributed by atoms with Gasteiger partial charge in [0.1, 0.15) is 24.0 Å². The van der Waals surface area contributed by atoms with E-state index < -0.39 is 5.91 Å². The van der Waals surface area contributed by atoms with E-state index in [2.05, 4.69) is 5.32 Å². The lowest BCUT2D eigenvalue weighted by Crippen LogP contribution is -2.19. The van der Waals surface area contributed by atoms with Crippen LogP contribution in [-0.4, -0.2) is 13.0 Å². The number of nitriles is 1. The fourth-order valence-corrected chi connectivity index (χ4v) is 1.85. The molecule has 0 unspecified atom stereocenters. The van der Waals surface area contributed by atoms with E-state index in [0.717, 1.165) is 16.9 Å². The number of carbonyl (C=O) groups is 1. The third-order valence-electron chi connectivity index (χ3n) is 3.03. The average molecular weight is 292 g/mol. The van der Waals surface area contributed by atoms with Crippen molar-refractivity contribution >= 4 is 12.0 Å². The largest absolute Gasteiger partial charge is 0.489 e. The van der Waals surface area contributed by atoms with E-state index in [0.29, 0.717) is 6.61 Å². The van der Waals surface area contributed by atoms with Crippen LogP contribution in [-0.2, 0) is 11.4 Å². The summed E-state index contributed by atoms with van der Waals surface area (Å²) in [6.45, 7) is 0.498. The second-order valence-corrected chi connectivity index (χ2v) is 4.59. The quantitative estimate of drug-likeness (QED) is 0.681. The predicted octanol–water partition coefficient (Wildman–Crippen LogP) is 2.92. The number of likely N-dealkylation sites (N-methyl/N-ethyl adjacent to an activating group) is 1. The lowest BCUT2D eigenvalue weighted by molar-refractivity contribution is -0.116. The maximum Gasteiger partial charge on any atom is 0.261 e. The first-order valence-electron chi connectivity index (χ1n) is 6.83. The van der Waals surface area contributed by atoms with Gasteiger partial charge >= 0.3 is 0 Å². The molecule has 0 aliphatic carbocycles. The molecular formula is C18H16N2O2. The number of rotatable bonds is 5. The number of nitrogens with zero attached hydrogens (tertiary/aromatic N) is 1. The smallest absolute Gasteiger partial charge is 0.261 e. The lowest BCUT2D eigenvalue weighted by atomic mass is 10.1. The van der Waals surface area contributed by atoms with Crippen molar-refractivity contribution < 1.29 is 9.53 Å². The van der Waals surface area contributed by atoms with Gasteiger partial charge in [0.15, 0.2) is 0 Å². The van der Waals surface area contributed by atoms with Crippen molar-refractivity contribution in [1.82, 2.24) is 5.32 Å². The number of ether oxygens (including phenoxy) is 1. The molecule has 4 nitrogen and oxygen atoms in total. The summed E-state index contributed by atoms with van der Waals surface area (Å²) in [6.07, 6.45) is 1.54. The van der Waals surface area contributed by atoms with Crippen molar-refractivity contribution in [2.24, 2.45) is 0 Å². The van der Waals surface area contributed by atoms with E-state index in [-0.39, 0.29) is 5.57 Å². The topological polar surface area (TPSA) is 62.1 Å². The summed E-state index contributed by atoms with van der Waals surface area (Å²) in [5, 5.41) is 11.4. The Labute approximate surface area is 129 Å². The predicted molar refractivity (Wildman–Crippen MR) is 84.9 cm³/mol. The molecule has 2 aromatic rings. The van der Waals surface area contributed by atoms with Crippen molar-refractivity contribution in [2.75, 3.05) is 7.05 Å². The Morgan fingerprint density at radius 3 is 2.45 bits per heavy atom. The molecule has 0 atom stereocenters. The summed E-state index contributed by atoms with van der Waals surface area (Å²) >= 11 is 0. The van der Waals surface area contributed by atoms with Gasteiger partial charge in [-0.15, -0.1) is 0 Å².